The Balaban J connectivity index is 2.92. The number of benzene rings is 1. The number of aryl methyl sites for hydroxylation is 2. The molecule has 1 heterocycles. The van der Waals surface area contributed by atoms with Crippen LogP contribution in [0.15, 0.2) is 24.3 Å². The summed E-state index contributed by atoms with van der Waals surface area (Å²) < 4.78 is 2.09. The van der Waals surface area contributed by atoms with Crippen LogP contribution in [0.1, 0.15) is 16.1 Å². The minimum Gasteiger partial charge on any atom is -0.348 e. The van der Waals surface area contributed by atoms with E-state index in [1.165, 1.54) is 5.69 Å². The normalized spacial score (nSPS) is 10.6. The predicted molar refractivity (Wildman–Crippen MR) is 53.0 cm³/mol. The number of hydrogen-bond donors (Lipinski definition) is 0. The molecule has 2 aromatic rings. The maximum Gasteiger partial charge on any atom is 0.150 e. The SMILES string of the molecule is Cc1cc2c(C=O)cccc2n1C. The Morgan fingerprint density at radius 2 is 2.15 bits per heavy atom. The van der Waals surface area contributed by atoms with Crippen LogP contribution in [0, 0.1) is 6.92 Å². The van der Waals surface area contributed by atoms with Crippen LogP contribution in [0.2, 0.25) is 0 Å². The number of fused-ring (bicyclic) bond motifs is 1. The fourth-order valence-electron chi connectivity index (χ4n) is 1.62. The van der Waals surface area contributed by atoms with Gasteiger partial charge in [-0.25, -0.2) is 0 Å². The van der Waals surface area contributed by atoms with Crippen molar-refractivity contribution in [3.8, 4) is 0 Å². The minimum atomic E-state index is 0.765. The summed E-state index contributed by atoms with van der Waals surface area (Å²) in [6.07, 6.45) is 0.905. The molecule has 0 N–H and O–H groups in total. The zero-order chi connectivity index (χ0) is 9.42. The van der Waals surface area contributed by atoms with Gasteiger partial charge in [0.1, 0.15) is 0 Å². The van der Waals surface area contributed by atoms with Crippen molar-refractivity contribution < 1.29 is 4.79 Å². The number of carbonyl (C=O) groups excluding carboxylic acids is 1. The molecular weight excluding hydrogens is 162 g/mol. The van der Waals surface area contributed by atoms with Crippen molar-refractivity contribution in [2.75, 3.05) is 0 Å². The summed E-state index contributed by atoms with van der Waals surface area (Å²) in [5.41, 5.74) is 3.05. The third-order valence-corrected chi connectivity index (χ3v) is 2.49. The molecule has 2 heteroatoms. The maximum atomic E-state index is 10.7. The van der Waals surface area contributed by atoms with Gasteiger partial charge in [-0.2, -0.15) is 0 Å². The largest absolute Gasteiger partial charge is 0.348 e. The highest BCUT2D eigenvalue weighted by Gasteiger charge is 2.04. The Hall–Kier alpha value is -1.57. The Labute approximate surface area is 76.8 Å². The van der Waals surface area contributed by atoms with Crippen LogP contribution >= 0.6 is 0 Å². The van der Waals surface area contributed by atoms with Crippen LogP contribution in [0.3, 0.4) is 0 Å². The van der Waals surface area contributed by atoms with Gasteiger partial charge < -0.3 is 4.57 Å². The fraction of sp³-hybridized carbons (Fsp3) is 0.182. The van der Waals surface area contributed by atoms with E-state index < -0.39 is 0 Å². The van der Waals surface area contributed by atoms with Crippen molar-refractivity contribution in [1.82, 2.24) is 4.57 Å². The second kappa shape index (κ2) is 2.73. The highest BCUT2D eigenvalue weighted by atomic mass is 16.1. The third kappa shape index (κ3) is 1.06. The molecule has 13 heavy (non-hydrogen) atoms. The lowest BCUT2D eigenvalue weighted by Crippen LogP contribution is -1.89. The van der Waals surface area contributed by atoms with Gasteiger partial charge in [-0.15, -0.1) is 0 Å². The number of aldehydes is 1. The van der Waals surface area contributed by atoms with Crippen LogP contribution in [-0.4, -0.2) is 10.9 Å². The molecule has 0 radical (unpaired) electrons. The average Bonchev–Trinajstić information content (AvgIpc) is 2.43. The molecule has 1 aromatic heterocycles. The van der Waals surface area contributed by atoms with E-state index in [0.717, 1.165) is 22.8 Å². The fourth-order valence-corrected chi connectivity index (χ4v) is 1.62. The first-order chi connectivity index (χ1) is 6.24. The average molecular weight is 173 g/mol. The zero-order valence-electron chi connectivity index (χ0n) is 7.74. The monoisotopic (exact) mass is 173 g/mol. The van der Waals surface area contributed by atoms with E-state index in [4.69, 9.17) is 0 Å². The second-order valence-electron chi connectivity index (χ2n) is 3.24. The van der Waals surface area contributed by atoms with Crippen molar-refractivity contribution in [1.29, 1.82) is 0 Å². The van der Waals surface area contributed by atoms with Gasteiger partial charge in [0.05, 0.1) is 0 Å². The topological polar surface area (TPSA) is 22.0 Å². The molecular formula is C11H11NO. The van der Waals surface area contributed by atoms with Crippen LogP contribution in [-0.2, 0) is 7.05 Å². The molecule has 0 atom stereocenters. The summed E-state index contributed by atoms with van der Waals surface area (Å²) in [5.74, 6) is 0. The van der Waals surface area contributed by atoms with E-state index in [9.17, 15) is 4.79 Å². The quantitative estimate of drug-likeness (QED) is 0.606. The number of nitrogens with zero attached hydrogens (tertiary/aromatic N) is 1. The summed E-state index contributed by atoms with van der Waals surface area (Å²) in [5, 5.41) is 1.04. The standard InChI is InChI=1S/C11H11NO/c1-8-6-10-9(7-13)4-3-5-11(10)12(8)2/h3-7H,1-2H3. The maximum absolute atomic E-state index is 10.7. The molecule has 0 saturated heterocycles. The van der Waals surface area contributed by atoms with Gasteiger partial charge in [0.15, 0.2) is 6.29 Å². The molecule has 66 valence electrons. The van der Waals surface area contributed by atoms with Crippen LogP contribution in [0.25, 0.3) is 10.9 Å². The first-order valence-corrected chi connectivity index (χ1v) is 4.24. The lowest BCUT2D eigenvalue weighted by molar-refractivity contribution is 0.112. The zero-order valence-corrected chi connectivity index (χ0v) is 7.74. The molecule has 0 aliphatic carbocycles. The first-order valence-electron chi connectivity index (χ1n) is 4.24. The molecule has 0 aliphatic heterocycles. The molecule has 1 aromatic carbocycles. The molecule has 0 amide bonds. The van der Waals surface area contributed by atoms with E-state index in [0.29, 0.717) is 0 Å². The van der Waals surface area contributed by atoms with Crippen molar-refractivity contribution in [3.05, 3.63) is 35.5 Å². The lowest BCUT2D eigenvalue weighted by atomic mass is 10.1. The van der Waals surface area contributed by atoms with E-state index in [1.807, 2.05) is 38.2 Å². The molecule has 0 fully saturated rings. The number of rotatable bonds is 1. The smallest absolute Gasteiger partial charge is 0.150 e. The van der Waals surface area contributed by atoms with Gasteiger partial charge in [0, 0.05) is 29.2 Å². The Bertz CT molecular complexity index is 468. The van der Waals surface area contributed by atoms with Crippen molar-refractivity contribution in [2.45, 2.75) is 6.92 Å². The molecule has 0 aliphatic rings. The van der Waals surface area contributed by atoms with Crippen LogP contribution < -0.4 is 0 Å². The van der Waals surface area contributed by atoms with Gasteiger partial charge in [0.25, 0.3) is 0 Å². The summed E-state index contributed by atoms with van der Waals surface area (Å²) in [4.78, 5) is 10.7. The summed E-state index contributed by atoms with van der Waals surface area (Å²) in [6, 6.07) is 7.81. The number of carbonyl (C=O) groups is 1. The highest BCUT2D eigenvalue weighted by Crippen LogP contribution is 2.20. The second-order valence-corrected chi connectivity index (χ2v) is 3.24. The highest BCUT2D eigenvalue weighted by molar-refractivity contribution is 5.97. The number of hydrogen-bond acceptors (Lipinski definition) is 1. The molecule has 0 spiro atoms. The van der Waals surface area contributed by atoms with Crippen molar-refractivity contribution in [3.63, 3.8) is 0 Å². The number of aromatic nitrogens is 1. The van der Waals surface area contributed by atoms with Gasteiger partial charge in [-0.1, -0.05) is 12.1 Å². The summed E-state index contributed by atoms with van der Waals surface area (Å²) in [6.45, 7) is 2.04. The van der Waals surface area contributed by atoms with Gasteiger partial charge in [0.2, 0.25) is 0 Å². The minimum absolute atomic E-state index is 0.765. The Morgan fingerprint density at radius 3 is 2.85 bits per heavy atom. The van der Waals surface area contributed by atoms with Crippen LogP contribution in [0.5, 0.6) is 0 Å². The van der Waals surface area contributed by atoms with E-state index in [2.05, 4.69) is 4.57 Å². The van der Waals surface area contributed by atoms with E-state index in [1.54, 1.807) is 0 Å². The summed E-state index contributed by atoms with van der Waals surface area (Å²) in [7, 11) is 2.01. The molecule has 0 bridgehead atoms. The lowest BCUT2D eigenvalue weighted by Gasteiger charge is -1.98. The first kappa shape index (κ1) is 8.05. The van der Waals surface area contributed by atoms with Gasteiger partial charge in [-0.3, -0.25) is 4.79 Å². The van der Waals surface area contributed by atoms with E-state index in [-0.39, 0.29) is 0 Å². The van der Waals surface area contributed by atoms with Crippen molar-refractivity contribution >= 4 is 17.2 Å². The molecule has 0 saturated carbocycles. The Morgan fingerprint density at radius 1 is 1.38 bits per heavy atom. The molecule has 2 nitrogen and oxygen atoms in total. The van der Waals surface area contributed by atoms with Crippen molar-refractivity contribution in [2.24, 2.45) is 7.05 Å². The summed E-state index contributed by atoms with van der Waals surface area (Å²) >= 11 is 0. The Kier molecular flexibility index (Phi) is 1.69. The predicted octanol–water partition coefficient (Wildman–Crippen LogP) is 2.30. The molecule has 2 rings (SSSR count). The third-order valence-electron chi connectivity index (χ3n) is 2.49. The van der Waals surface area contributed by atoms with Crippen LogP contribution in [0.4, 0.5) is 0 Å². The van der Waals surface area contributed by atoms with Gasteiger partial charge >= 0.3 is 0 Å². The van der Waals surface area contributed by atoms with E-state index >= 15 is 0 Å². The van der Waals surface area contributed by atoms with Gasteiger partial charge in [-0.05, 0) is 19.1 Å². The molecule has 0 unspecified atom stereocenters.